The molecule has 0 saturated heterocycles. The normalized spacial score (nSPS) is 11.1. The highest BCUT2D eigenvalue weighted by Crippen LogP contribution is 2.34. The molecule has 0 fully saturated rings. The first-order valence-electron chi connectivity index (χ1n) is 6.86. The number of fused-ring (bicyclic) bond motifs is 3. The van der Waals surface area contributed by atoms with Crippen molar-refractivity contribution < 1.29 is 14.0 Å². The van der Waals surface area contributed by atoms with Gasteiger partial charge in [0.25, 0.3) is 11.8 Å². The van der Waals surface area contributed by atoms with E-state index in [4.69, 9.17) is 11.5 Å². The van der Waals surface area contributed by atoms with Gasteiger partial charge >= 0.3 is 0 Å². The topological polar surface area (TPSA) is 105 Å². The van der Waals surface area contributed by atoms with Crippen LogP contribution in [0.4, 0.5) is 10.1 Å². The van der Waals surface area contributed by atoms with Crippen LogP contribution in [-0.2, 0) is 0 Å². The Kier molecular flexibility index (Phi) is 3.21. The van der Waals surface area contributed by atoms with Gasteiger partial charge in [-0.25, -0.2) is 4.39 Å². The lowest BCUT2D eigenvalue weighted by molar-refractivity contribution is 0.0827. The van der Waals surface area contributed by atoms with Crippen molar-refractivity contribution in [1.29, 1.82) is 0 Å². The van der Waals surface area contributed by atoms with E-state index in [-0.39, 0.29) is 17.2 Å². The molecule has 0 atom stereocenters. The predicted molar refractivity (Wildman–Crippen MR) is 86.7 cm³/mol. The number of rotatable bonds is 2. The molecule has 5 N–H and O–H groups in total. The smallest absolute Gasteiger partial charge is 0.253 e. The van der Waals surface area contributed by atoms with Crippen molar-refractivity contribution in [2.45, 2.75) is 0 Å². The van der Waals surface area contributed by atoms with Crippen LogP contribution < -0.4 is 11.5 Å². The number of anilines is 1. The molecule has 1 heterocycles. The number of nitrogen functional groups attached to an aromatic ring is 1. The number of halogens is 1. The number of hydrogen-bond donors (Lipinski definition) is 3. The van der Waals surface area contributed by atoms with Crippen molar-refractivity contribution in [2.24, 2.45) is 5.73 Å². The van der Waals surface area contributed by atoms with Gasteiger partial charge in [-0.3, -0.25) is 9.59 Å². The number of nitrogens with two attached hydrogens (primary N) is 2. The Bertz CT molecular complexity index is 975. The van der Waals surface area contributed by atoms with Crippen LogP contribution in [0.5, 0.6) is 0 Å². The molecule has 0 saturated carbocycles. The number of aromatic nitrogens is 1. The van der Waals surface area contributed by atoms with Crippen molar-refractivity contribution in [3.05, 3.63) is 41.2 Å². The number of primary amides is 1. The first kappa shape index (κ1) is 14.8. The Morgan fingerprint density at radius 1 is 1.22 bits per heavy atom. The van der Waals surface area contributed by atoms with Crippen LogP contribution >= 0.6 is 0 Å². The lowest BCUT2D eigenvalue weighted by atomic mass is 10.0. The average Bonchev–Trinajstić information content (AvgIpc) is 2.88. The maximum Gasteiger partial charge on any atom is 0.253 e. The fraction of sp³-hybridized carbons (Fsp3) is 0.125. The Balaban J connectivity index is 2.38. The molecule has 0 aliphatic heterocycles. The Morgan fingerprint density at radius 3 is 2.52 bits per heavy atom. The van der Waals surface area contributed by atoms with Crippen LogP contribution in [0.3, 0.4) is 0 Å². The van der Waals surface area contributed by atoms with Crippen molar-refractivity contribution in [2.75, 3.05) is 19.8 Å². The summed E-state index contributed by atoms with van der Waals surface area (Å²) in [6.07, 6.45) is 0. The largest absolute Gasteiger partial charge is 0.396 e. The maximum atomic E-state index is 14.0. The molecule has 0 radical (unpaired) electrons. The highest BCUT2D eigenvalue weighted by Gasteiger charge is 2.19. The molecule has 2 aromatic carbocycles. The summed E-state index contributed by atoms with van der Waals surface area (Å²) in [5.74, 6) is -1.63. The van der Waals surface area contributed by atoms with Crippen molar-refractivity contribution >= 4 is 39.3 Å². The van der Waals surface area contributed by atoms with E-state index in [0.29, 0.717) is 27.4 Å². The summed E-state index contributed by atoms with van der Waals surface area (Å²) < 4.78 is 14.0. The van der Waals surface area contributed by atoms with Gasteiger partial charge in [0.05, 0.1) is 16.8 Å². The highest BCUT2D eigenvalue weighted by atomic mass is 19.1. The van der Waals surface area contributed by atoms with E-state index in [1.807, 2.05) is 0 Å². The molecule has 0 unspecified atom stereocenters. The van der Waals surface area contributed by atoms with Gasteiger partial charge in [-0.1, -0.05) is 6.07 Å². The van der Waals surface area contributed by atoms with Gasteiger partial charge in [-0.15, -0.1) is 0 Å². The van der Waals surface area contributed by atoms with E-state index in [9.17, 15) is 14.0 Å². The molecule has 118 valence electrons. The molecule has 3 aromatic rings. The third kappa shape index (κ3) is 2.17. The van der Waals surface area contributed by atoms with Crippen LogP contribution in [0.1, 0.15) is 20.7 Å². The lowest BCUT2D eigenvalue weighted by Gasteiger charge is -2.09. The van der Waals surface area contributed by atoms with Gasteiger partial charge in [0.1, 0.15) is 5.82 Å². The zero-order chi connectivity index (χ0) is 16.9. The number of amides is 2. The molecular weight excluding hydrogens is 299 g/mol. The summed E-state index contributed by atoms with van der Waals surface area (Å²) in [6.45, 7) is 0. The zero-order valence-electron chi connectivity index (χ0n) is 12.6. The third-order valence-corrected chi connectivity index (χ3v) is 3.78. The molecule has 7 heteroatoms. The van der Waals surface area contributed by atoms with Gasteiger partial charge < -0.3 is 21.4 Å². The molecule has 0 spiro atoms. The van der Waals surface area contributed by atoms with Crippen LogP contribution in [-0.4, -0.2) is 35.8 Å². The number of H-pyrrole nitrogens is 1. The molecule has 2 amide bonds. The van der Waals surface area contributed by atoms with E-state index in [1.54, 1.807) is 32.3 Å². The average molecular weight is 314 g/mol. The fourth-order valence-electron chi connectivity index (χ4n) is 2.66. The minimum absolute atomic E-state index is 0.0170. The van der Waals surface area contributed by atoms with Gasteiger partial charge in [0.2, 0.25) is 0 Å². The van der Waals surface area contributed by atoms with Gasteiger partial charge in [0.15, 0.2) is 0 Å². The molecule has 0 aliphatic carbocycles. The third-order valence-electron chi connectivity index (χ3n) is 3.78. The Morgan fingerprint density at radius 2 is 1.91 bits per heavy atom. The summed E-state index contributed by atoms with van der Waals surface area (Å²) in [5, 5.41) is 1.01. The monoisotopic (exact) mass is 314 g/mol. The molecule has 0 aliphatic rings. The standard InChI is InChI=1S/C16H15FN4O2/c1-21(2)16(23)7-3-4-8-11(5-7)20-14-9(15(19)22)6-10(17)13(18)12(8)14/h3-6,20H,18H2,1-2H3,(H2,19,22). The summed E-state index contributed by atoms with van der Waals surface area (Å²) in [7, 11) is 3.30. The lowest BCUT2D eigenvalue weighted by Crippen LogP contribution is -2.21. The number of benzene rings is 2. The first-order chi connectivity index (χ1) is 10.8. The number of nitrogens with one attached hydrogen (secondary N) is 1. The number of carbonyl (C=O) groups excluding carboxylic acids is 2. The van der Waals surface area contributed by atoms with Crippen molar-refractivity contribution in [3.63, 3.8) is 0 Å². The molecule has 1 aromatic heterocycles. The highest BCUT2D eigenvalue weighted by molar-refractivity contribution is 6.19. The predicted octanol–water partition coefficient (Wildman–Crippen LogP) is 1.84. The SMILES string of the molecule is CN(C)C(=O)c1ccc2c(c1)[nH]c1c(C(N)=O)cc(F)c(N)c12. The van der Waals surface area contributed by atoms with E-state index < -0.39 is 11.7 Å². The first-order valence-corrected chi connectivity index (χ1v) is 6.86. The minimum Gasteiger partial charge on any atom is -0.396 e. The fourth-order valence-corrected chi connectivity index (χ4v) is 2.66. The van der Waals surface area contributed by atoms with Crippen LogP contribution in [0.25, 0.3) is 21.8 Å². The van der Waals surface area contributed by atoms with Gasteiger partial charge in [0, 0.05) is 35.9 Å². The number of nitrogens with zero attached hydrogens (tertiary/aromatic N) is 1. The summed E-state index contributed by atoms with van der Waals surface area (Å²) >= 11 is 0. The number of hydrogen-bond acceptors (Lipinski definition) is 3. The van der Waals surface area contributed by atoms with Gasteiger partial charge in [-0.05, 0) is 18.2 Å². The van der Waals surface area contributed by atoms with E-state index in [1.165, 1.54) is 4.90 Å². The molecule has 23 heavy (non-hydrogen) atoms. The molecular formula is C16H15FN4O2. The number of carbonyl (C=O) groups is 2. The molecule has 6 nitrogen and oxygen atoms in total. The quantitative estimate of drug-likeness (QED) is 0.628. The van der Waals surface area contributed by atoms with Gasteiger partial charge in [-0.2, -0.15) is 0 Å². The molecule has 0 bridgehead atoms. The Labute approximate surface area is 130 Å². The van der Waals surface area contributed by atoms with E-state index in [0.717, 1.165) is 6.07 Å². The summed E-state index contributed by atoms with van der Waals surface area (Å²) in [5.41, 5.74) is 12.5. The number of aromatic amines is 1. The second kappa shape index (κ2) is 4.98. The van der Waals surface area contributed by atoms with Crippen LogP contribution in [0, 0.1) is 5.82 Å². The van der Waals surface area contributed by atoms with Crippen LogP contribution in [0.2, 0.25) is 0 Å². The molecule has 3 rings (SSSR count). The Hall–Kier alpha value is -3.09. The minimum atomic E-state index is -0.759. The summed E-state index contributed by atoms with van der Waals surface area (Å²) in [6, 6.07) is 5.96. The second-order valence-electron chi connectivity index (χ2n) is 5.52. The van der Waals surface area contributed by atoms with Crippen molar-refractivity contribution in [1.82, 2.24) is 9.88 Å². The van der Waals surface area contributed by atoms with E-state index >= 15 is 0 Å². The van der Waals surface area contributed by atoms with Crippen molar-refractivity contribution in [3.8, 4) is 0 Å². The second-order valence-corrected chi connectivity index (χ2v) is 5.52. The maximum absolute atomic E-state index is 14.0. The summed E-state index contributed by atoms with van der Waals surface area (Å²) in [4.78, 5) is 28.1. The van der Waals surface area contributed by atoms with E-state index in [2.05, 4.69) is 4.98 Å². The van der Waals surface area contributed by atoms with Crippen LogP contribution in [0.15, 0.2) is 24.3 Å². The zero-order valence-corrected chi connectivity index (χ0v) is 12.6.